The summed E-state index contributed by atoms with van der Waals surface area (Å²) in [6.07, 6.45) is 2.57. The zero-order valence-electron chi connectivity index (χ0n) is 13.9. The molecule has 5 nitrogen and oxygen atoms in total. The normalized spacial score (nSPS) is 15.2. The Labute approximate surface area is 154 Å². The van der Waals surface area contributed by atoms with Crippen LogP contribution in [-0.2, 0) is 0 Å². The SMILES string of the molecule is Nn1c(SCCN2CCCC2)nc2cc(-c3ccccc3)sc2c1=O. The van der Waals surface area contributed by atoms with Crippen LogP contribution >= 0.6 is 23.1 Å². The Balaban J connectivity index is 1.60. The first-order chi connectivity index (χ1) is 12.2. The molecule has 1 saturated heterocycles. The molecule has 0 spiro atoms. The molecule has 0 amide bonds. The van der Waals surface area contributed by atoms with E-state index in [-0.39, 0.29) is 5.56 Å². The number of hydrogen-bond acceptors (Lipinski definition) is 6. The van der Waals surface area contributed by atoms with Gasteiger partial charge in [-0.3, -0.25) is 4.79 Å². The van der Waals surface area contributed by atoms with Crippen molar-refractivity contribution in [2.75, 3.05) is 31.2 Å². The number of thiophene rings is 1. The molecule has 1 aliphatic rings. The van der Waals surface area contributed by atoms with Crippen LogP contribution in [0.1, 0.15) is 12.8 Å². The van der Waals surface area contributed by atoms with E-state index in [2.05, 4.69) is 9.88 Å². The molecule has 1 fully saturated rings. The average Bonchev–Trinajstić information content (AvgIpc) is 3.30. The monoisotopic (exact) mass is 372 g/mol. The molecule has 7 heteroatoms. The largest absolute Gasteiger partial charge is 0.334 e. The first-order valence-electron chi connectivity index (χ1n) is 8.44. The average molecular weight is 373 g/mol. The third-order valence-corrected chi connectivity index (χ3v) is 6.54. The summed E-state index contributed by atoms with van der Waals surface area (Å²) in [5.74, 6) is 6.90. The van der Waals surface area contributed by atoms with Crippen molar-refractivity contribution >= 4 is 33.3 Å². The first kappa shape index (κ1) is 16.6. The number of nitrogen functional groups attached to an aromatic ring is 1. The fraction of sp³-hybridized carbons (Fsp3) is 0.333. The van der Waals surface area contributed by atoms with Gasteiger partial charge >= 0.3 is 0 Å². The second-order valence-electron chi connectivity index (χ2n) is 6.16. The van der Waals surface area contributed by atoms with Gasteiger partial charge in [-0.25, -0.2) is 9.66 Å². The van der Waals surface area contributed by atoms with Crippen LogP contribution in [0.5, 0.6) is 0 Å². The van der Waals surface area contributed by atoms with Crippen molar-refractivity contribution < 1.29 is 0 Å². The van der Waals surface area contributed by atoms with Gasteiger partial charge in [-0.15, -0.1) is 11.3 Å². The zero-order chi connectivity index (χ0) is 17.2. The Bertz CT molecular complexity index is 929. The summed E-state index contributed by atoms with van der Waals surface area (Å²) >= 11 is 3.01. The number of hydrogen-bond donors (Lipinski definition) is 1. The Morgan fingerprint density at radius 2 is 1.96 bits per heavy atom. The summed E-state index contributed by atoms with van der Waals surface area (Å²) in [4.78, 5) is 20.7. The molecule has 2 aromatic heterocycles. The quantitative estimate of drug-likeness (QED) is 0.424. The van der Waals surface area contributed by atoms with Gasteiger partial charge < -0.3 is 10.7 Å². The number of benzene rings is 1. The van der Waals surface area contributed by atoms with Crippen molar-refractivity contribution in [1.29, 1.82) is 0 Å². The Morgan fingerprint density at radius 3 is 2.72 bits per heavy atom. The predicted molar refractivity (Wildman–Crippen MR) is 106 cm³/mol. The molecule has 0 radical (unpaired) electrons. The molecule has 0 unspecified atom stereocenters. The van der Waals surface area contributed by atoms with E-state index in [4.69, 9.17) is 5.84 Å². The minimum absolute atomic E-state index is 0.166. The number of rotatable bonds is 5. The molecule has 1 aromatic carbocycles. The highest BCUT2D eigenvalue weighted by Gasteiger charge is 2.15. The standard InChI is InChI=1S/C18H20N4OS2/c19-22-17(23)16-14(12-15(25-16)13-6-2-1-3-7-13)20-18(22)24-11-10-21-8-4-5-9-21/h1-3,6-7,12H,4-5,8-11,19H2. The zero-order valence-corrected chi connectivity index (χ0v) is 15.5. The smallest absolute Gasteiger partial charge is 0.290 e. The topological polar surface area (TPSA) is 64.2 Å². The third kappa shape index (κ3) is 3.44. The molecular weight excluding hydrogens is 352 g/mol. The Hall–Kier alpha value is -1.83. The fourth-order valence-electron chi connectivity index (χ4n) is 3.09. The number of nitrogens with zero attached hydrogens (tertiary/aromatic N) is 3. The predicted octanol–water partition coefficient (Wildman–Crippen LogP) is 3.03. The molecule has 0 saturated carbocycles. The second-order valence-corrected chi connectivity index (χ2v) is 8.27. The van der Waals surface area contributed by atoms with Gasteiger partial charge in [0.25, 0.3) is 5.56 Å². The van der Waals surface area contributed by atoms with Gasteiger partial charge in [0.2, 0.25) is 0 Å². The van der Waals surface area contributed by atoms with E-state index < -0.39 is 0 Å². The first-order valence-corrected chi connectivity index (χ1v) is 10.2. The van der Waals surface area contributed by atoms with Crippen molar-refractivity contribution in [1.82, 2.24) is 14.6 Å². The fourth-order valence-corrected chi connectivity index (χ4v) is 5.05. The van der Waals surface area contributed by atoms with Gasteiger partial charge in [0.05, 0.1) is 5.52 Å². The minimum atomic E-state index is -0.166. The third-order valence-electron chi connectivity index (χ3n) is 4.44. The molecule has 0 atom stereocenters. The molecule has 4 rings (SSSR count). The number of thioether (sulfide) groups is 1. The molecule has 25 heavy (non-hydrogen) atoms. The van der Waals surface area contributed by atoms with Crippen molar-refractivity contribution in [3.63, 3.8) is 0 Å². The molecule has 3 aromatic rings. The van der Waals surface area contributed by atoms with E-state index in [0.717, 1.165) is 28.3 Å². The van der Waals surface area contributed by atoms with E-state index in [1.165, 1.54) is 41.9 Å². The summed E-state index contributed by atoms with van der Waals surface area (Å²) in [6.45, 7) is 3.36. The maximum Gasteiger partial charge on any atom is 0.290 e. The summed E-state index contributed by atoms with van der Waals surface area (Å²) < 4.78 is 1.81. The maximum absolute atomic E-state index is 12.6. The van der Waals surface area contributed by atoms with Crippen molar-refractivity contribution in [3.8, 4) is 10.4 Å². The van der Waals surface area contributed by atoms with Crippen LogP contribution in [0.2, 0.25) is 0 Å². The Morgan fingerprint density at radius 1 is 1.20 bits per heavy atom. The van der Waals surface area contributed by atoms with Crippen LogP contribution in [0, 0.1) is 0 Å². The van der Waals surface area contributed by atoms with Crippen LogP contribution in [0.4, 0.5) is 0 Å². The van der Waals surface area contributed by atoms with Crippen LogP contribution in [-0.4, -0.2) is 39.9 Å². The minimum Gasteiger partial charge on any atom is -0.334 e. The van der Waals surface area contributed by atoms with Crippen LogP contribution in [0.25, 0.3) is 20.7 Å². The number of fused-ring (bicyclic) bond motifs is 1. The number of likely N-dealkylation sites (tertiary alicyclic amines) is 1. The summed E-state index contributed by atoms with van der Waals surface area (Å²) in [7, 11) is 0. The summed E-state index contributed by atoms with van der Waals surface area (Å²) in [6, 6.07) is 12.0. The highest BCUT2D eigenvalue weighted by Crippen LogP contribution is 2.31. The van der Waals surface area contributed by atoms with E-state index in [1.807, 2.05) is 36.4 Å². The van der Waals surface area contributed by atoms with E-state index >= 15 is 0 Å². The Kier molecular flexibility index (Phi) is 4.78. The van der Waals surface area contributed by atoms with Gasteiger partial charge in [-0.2, -0.15) is 0 Å². The molecule has 3 heterocycles. The van der Waals surface area contributed by atoms with Crippen LogP contribution < -0.4 is 11.4 Å². The highest BCUT2D eigenvalue weighted by molar-refractivity contribution is 7.99. The van der Waals surface area contributed by atoms with Crippen LogP contribution in [0.15, 0.2) is 46.3 Å². The van der Waals surface area contributed by atoms with Gasteiger partial charge in [0.15, 0.2) is 5.16 Å². The molecule has 130 valence electrons. The highest BCUT2D eigenvalue weighted by atomic mass is 32.2. The van der Waals surface area contributed by atoms with E-state index in [1.54, 1.807) is 11.8 Å². The van der Waals surface area contributed by atoms with Gasteiger partial charge in [0.1, 0.15) is 4.70 Å². The molecule has 2 N–H and O–H groups in total. The number of nitrogens with two attached hydrogens (primary N) is 1. The van der Waals surface area contributed by atoms with Crippen molar-refractivity contribution in [3.05, 3.63) is 46.8 Å². The van der Waals surface area contributed by atoms with E-state index in [9.17, 15) is 4.79 Å². The van der Waals surface area contributed by atoms with Crippen LogP contribution in [0.3, 0.4) is 0 Å². The number of aromatic nitrogens is 2. The lowest BCUT2D eigenvalue weighted by molar-refractivity contribution is 0.362. The summed E-state index contributed by atoms with van der Waals surface area (Å²) in [5.41, 5.74) is 1.66. The lowest BCUT2D eigenvalue weighted by Crippen LogP contribution is -2.29. The molecule has 0 bridgehead atoms. The van der Waals surface area contributed by atoms with Gasteiger partial charge in [-0.05, 0) is 37.6 Å². The van der Waals surface area contributed by atoms with Gasteiger partial charge in [-0.1, -0.05) is 42.1 Å². The van der Waals surface area contributed by atoms with Crippen molar-refractivity contribution in [2.45, 2.75) is 18.0 Å². The lowest BCUT2D eigenvalue weighted by atomic mass is 10.2. The van der Waals surface area contributed by atoms with Crippen molar-refractivity contribution in [2.24, 2.45) is 0 Å². The molecular formula is C18H20N4OS2. The maximum atomic E-state index is 12.6. The van der Waals surface area contributed by atoms with E-state index in [0.29, 0.717) is 9.86 Å². The molecule has 1 aliphatic heterocycles. The summed E-state index contributed by atoms with van der Waals surface area (Å²) in [5, 5.41) is 0.592. The second kappa shape index (κ2) is 7.19. The van der Waals surface area contributed by atoms with Gasteiger partial charge in [0, 0.05) is 17.2 Å². The molecule has 0 aliphatic carbocycles. The lowest BCUT2D eigenvalue weighted by Gasteiger charge is -2.14.